The molecule has 17 heavy (non-hydrogen) atoms. The lowest BCUT2D eigenvalue weighted by Crippen LogP contribution is -2.28. The summed E-state index contributed by atoms with van der Waals surface area (Å²) in [6.45, 7) is 4.69. The molecular weight excluding hydrogens is 212 g/mol. The van der Waals surface area contributed by atoms with Crippen LogP contribution in [-0.4, -0.2) is 38.3 Å². The van der Waals surface area contributed by atoms with Crippen molar-refractivity contribution in [1.82, 2.24) is 4.90 Å². The third-order valence-electron chi connectivity index (χ3n) is 2.96. The van der Waals surface area contributed by atoms with Crippen molar-refractivity contribution < 1.29 is 4.74 Å². The predicted octanol–water partition coefficient (Wildman–Crippen LogP) is 1.79. The van der Waals surface area contributed by atoms with Crippen LogP contribution in [-0.2, 0) is 11.3 Å². The molecule has 0 spiro atoms. The van der Waals surface area contributed by atoms with Gasteiger partial charge in [-0.25, -0.2) is 0 Å². The van der Waals surface area contributed by atoms with E-state index >= 15 is 0 Å². The zero-order chi connectivity index (χ0) is 12.7. The third-order valence-corrected chi connectivity index (χ3v) is 2.96. The van der Waals surface area contributed by atoms with E-state index in [1.54, 1.807) is 7.11 Å². The smallest absolute Gasteiger partial charge is 0.0705 e. The molecule has 1 atom stereocenters. The van der Waals surface area contributed by atoms with Crippen LogP contribution in [0.2, 0.25) is 0 Å². The summed E-state index contributed by atoms with van der Waals surface area (Å²) in [4.78, 5) is 2.30. The molecule has 0 bridgehead atoms. The van der Waals surface area contributed by atoms with Crippen LogP contribution < -0.4 is 5.73 Å². The SMILES string of the molecule is COC(CN)CCN(C)Cc1cccc(C)c1. The Morgan fingerprint density at radius 3 is 2.76 bits per heavy atom. The summed E-state index contributed by atoms with van der Waals surface area (Å²) in [5.74, 6) is 0. The summed E-state index contributed by atoms with van der Waals surface area (Å²) < 4.78 is 5.27. The van der Waals surface area contributed by atoms with E-state index in [1.807, 2.05) is 0 Å². The standard InChI is InChI=1S/C14H24N2O/c1-12-5-4-6-13(9-12)11-16(2)8-7-14(10-15)17-3/h4-6,9,14H,7-8,10-11,15H2,1-3H3. The van der Waals surface area contributed by atoms with E-state index in [-0.39, 0.29) is 6.10 Å². The first-order valence-electron chi connectivity index (χ1n) is 6.12. The van der Waals surface area contributed by atoms with Crippen LogP contribution >= 0.6 is 0 Å². The van der Waals surface area contributed by atoms with Gasteiger partial charge in [-0.3, -0.25) is 0 Å². The number of rotatable bonds is 7. The Labute approximate surface area is 105 Å². The molecule has 1 unspecified atom stereocenters. The van der Waals surface area contributed by atoms with Crippen molar-refractivity contribution in [2.75, 3.05) is 27.2 Å². The average molecular weight is 236 g/mol. The molecule has 0 aliphatic rings. The minimum absolute atomic E-state index is 0.176. The maximum absolute atomic E-state index is 5.60. The number of hydrogen-bond donors (Lipinski definition) is 1. The van der Waals surface area contributed by atoms with E-state index in [9.17, 15) is 0 Å². The fourth-order valence-corrected chi connectivity index (χ4v) is 1.90. The van der Waals surface area contributed by atoms with Crippen LogP contribution in [0.15, 0.2) is 24.3 Å². The highest BCUT2D eigenvalue weighted by molar-refractivity contribution is 5.21. The van der Waals surface area contributed by atoms with Gasteiger partial charge in [0.1, 0.15) is 0 Å². The molecule has 1 rings (SSSR count). The average Bonchev–Trinajstić information content (AvgIpc) is 2.30. The van der Waals surface area contributed by atoms with Gasteiger partial charge in [-0.05, 0) is 26.0 Å². The van der Waals surface area contributed by atoms with Gasteiger partial charge in [0.05, 0.1) is 6.10 Å². The maximum Gasteiger partial charge on any atom is 0.0705 e. The second kappa shape index (κ2) is 7.43. The number of hydrogen-bond acceptors (Lipinski definition) is 3. The Kier molecular flexibility index (Phi) is 6.19. The maximum atomic E-state index is 5.60. The minimum Gasteiger partial charge on any atom is -0.380 e. The molecule has 0 aromatic heterocycles. The van der Waals surface area contributed by atoms with Crippen LogP contribution in [0.25, 0.3) is 0 Å². The summed E-state index contributed by atoms with van der Waals surface area (Å²) in [6, 6.07) is 8.63. The molecule has 0 amide bonds. The van der Waals surface area contributed by atoms with E-state index in [0.717, 1.165) is 19.5 Å². The number of aryl methyl sites for hydroxylation is 1. The van der Waals surface area contributed by atoms with E-state index in [2.05, 4.69) is 43.1 Å². The van der Waals surface area contributed by atoms with Gasteiger partial charge in [0.15, 0.2) is 0 Å². The molecule has 1 aromatic rings. The first kappa shape index (κ1) is 14.2. The Balaban J connectivity index is 2.36. The molecule has 0 saturated carbocycles. The molecule has 0 saturated heterocycles. The summed E-state index contributed by atoms with van der Waals surface area (Å²) in [6.07, 6.45) is 1.16. The fraction of sp³-hybridized carbons (Fsp3) is 0.571. The quantitative estimate of drug-likeness (QED) is 0.784. The molecular formula is C14H24N2O. The molecule has 96 valence electrons. The van der Waals surface area contributed by atoms with Crippen molar-refractivity contribution >= 4 is 0 Å². The molecule has 0 aliphatic carbocycles. The van der Waals surface area contributed by atoms with Crippen molar-refractivity contribution in [2.45, 2.75) is 26.0 Å². The summed E-state index contributed by atoms with van der Waals surface area (Å²) in [7, 11) is 3.85. The normalized spacial score (nSPS) is 13.0. The summed E-state index contributed by atoms with van der Waals surface area (Å²) >= 11 is 0. The number of benzene rings is 1. The lowest BCUT2D eigenvalue weighted by molar-refractivity contribution is 0.0919. The van der Waals surface area contributed by atoms with E-state index in [4.69, 9.17) is 10.5 Å². The second-order valence-electron chi connectivity index (χ2n) is 4.61. The number of nitrogens with two attached hydrogens (primary N) is 1. The highest BCUT2D eigenvalue weighted by Crippen LogP contribution is 2.07. The van der Waals surface area contributed by atoms with Crippen molar-refractivity contribution in [3.8, 4) is 0 Å². The zero-order valence-corrected chi connectivity index (χ0v) is 11.1. The predicted molar refractivity (Wildman–Crippen MR) is 72.0 cm³/mol. The number of methoxy groups -OCH3 is 1. The zero-order valence-electron chi connectivity index (χ0n) is 11.1. The van der Waals surface area contributed by atoms with Crippen molar-refractivity contribution in [3.05, 3.63) is 35.4 Å². The largest absolute Gasteiger partial charge is 0.380 e. The van der Waals surface area contributed by atoms with Crippen LogP contribution in [0.1, 0.15) is 17.5 Å². The van der Waals surface area contributed by atoms with E-state index in [1.165, 1.54) is 11.1 Å². The lowest BCUT2D eigenvalue weighted by atomic mass is 10.1. The van der Waals surface area contributed by atoms with E-state index in [0.29, 0.717) is 6.54 Å². The van der Waals surface area contributed by atoms with Gasteiger partial charge in [0.2, 0.25) is 0 Å². The first-order valence-corrected chi connectivity index (χ1v) is 6.12. The Morgan fingerprint density at radius 2 is 2.18 bits per heavy atom. The van der Waals surface area contributed by atoms with Crippen LogP contribution in [0, 0.1) is 6.92 Å². The third kappa shape index (κ3) is 5.31. The molecule has 2 N–H and O–H groups in total. The molecule has 0 radical (unpaired) electrons. The molecule has 3 nitrogen and oxygen atoms in total. The summed E-state index contributed by atoms with van der Waals surface area (Å²) in [5, 5.41) is 0. The van der Waals surface area contributed by atoms with E-state index < -0.39 is 0 Å². The molecule has 0 aliphatic heterocycles. The van der Waals surface area contributed by atoms with Gasteiger partial charge in [0.25, 0.3) is 0 Å². The van der Waals surface area contributed by atoms with Gasteiger partial charge in [0, 0.05) is 26.7 Å². The second-order valence-corrected chi connectivity index (χ2v) is 4.61. The first-order chi connectivity index (χ1) is 8.15. The lowest BCUT2D eigenvalue weighted by Gasteiger charge is -2.20. The fourth-order valence-electron chi connectivity index (χ4n) is 1.90. The highest BCUT2D eigenvalue weighted by Gasteiger charge is 2.07. The topological polar surface area (TPSA) is 38.5 Å². The van der Waals surface area contributed by atoms with Crippen LogP contribution in [0.5, 0.6) is 0 Å². The minimum atomic E-state index is 0.176. The molecule has 1 aromatic carbocycles. The van der Waals surface area contributed by atoms with Crippen LogP contribution in [0.3, 0.4) is 0 Å². The molecule has 0 fully saturated rings. The van der Waals surface area contributed by atoms with Gasteiger partial charge >= 0.3 is 0 Å². The van der Waals surface area contributed by atoms with Gasteiger partial charge < -0.3 is 15.4 Å². The monoisotopic (exact) mass is 236 g/mol. The van der Waals surface area contributed by atoms with Crippen molar-refractivity contribution in [3.63, 3.8) is 0 Å². The van der Waals surface area contributed by atoms with Crippen molar-refractivity contribution in [2.24, 2.45) is 5.73 Å². The highest BCUT2D eigenvalue weighted by atomic mass is 16.5. The van der Waals surface area contributed by atoms with Gasteiger partial charge in [-0.1, -0.05) is 29.8 Å². The summed E-state index contributed by atoms with van der Waals surface area (Å²) in [5.41, 5.74) is 8.27. The number of ether oxygens (including phenoxy) is 1. The van der Waals surface area contributed by atoms with Crippen LogP contribution in [0.4, 0.5) is 0 Å². The van der Waals surface area contributed by atoms with Gasteiger partial charge in [-0.2, -0.15) is 0 Å². The van der Waals surface area contributed by atoms with Crippen molar-refractivity contribution in [1.29, 1.82) is 0 Å². The molecule has 3 heteroatoms. The Hall–Kier alpha value is -0.900. The number of nitrogens with zero attached hydrogens (tertiary/aromatic N) is 1. The molecule has 0 heterocycles. The Bertz CT molecular complexity index is 324. The van der Waals surface area contributed by atoms with Gasteiger partial charge in [-0.15, -0.1) is 0 Å². The Morgan fingerprint density at radius 1 is 1.41 bits per heavy atom.